The van der Waals surface area contributed by atoms with Crippen molar-refractivity contribution in [3.8, 4) is 11.8 Å². The molecule has 0 bridgehead atoms. The first-order valence-electron chi connectivity index (χ1n) is 10.2. The molecule has 0 saturated heterocycles. The third-order valence-corrected chi connectivity index (χ3v) is 6.00. The van der Waals surface area contributed by atoms with Crippen molar-refractivity contribution in [3.05, 3.63) is 69.3 Å². The van der Waals surface area contributed by atoms with E-state index < -0.39 is 27.7 Å². The van der Waals surface area contributed by atoms with Crippen molar-refractivity contribution in [2.45, 2.75) is 13.0 Å². The highest BCUT2D eigenvalue weighted by Gasteiger charge is 2.20. The molecule has 0 spiro atoms. The second kappa shape index (κ2) is 11.0. The normalized spacial score (nSPS) is 11.1. The SMILES string of the molecule is CNC(=O)Oc1ccc2c(CNCC#N)c(Cc3cccc(NS(=O)(=O)NC)c3F)c(=O)oc2c1. The molecule has 13 heteroatoms. The van der Waals surface area contributed by atoms with Gasteiger partial charge >= 0.3 is 11.7 Å². The number of nitrogens with zero attached hydrogens (tertiary/aromatic N) is 1. The van der Waals surface area contributed by atoms with Gasteiger partial charge < -0.3 is 19.8 Å². The Bertz CT molecular complexity index is 1470. The summed E-state index contributed by atoms with van der Waals surface area (Å²) >= 11 is 0. The van der Waals surface area contributed by atoms with Crippen LogP contribution >= 0.6 is 0 Å². The largest absolute Gasteiger partial charge is 0.422 e. The third-order valence-electron chi connectivity index (χ3n) is 4.97. The molecule has 0 aliphatic carbocycles. The van der Waals surface area contributed by atoms with Crippen LogP contribution in [0.4, 0.5) is 14.9 Å². The molecule has 184 valence electrons. The zero-order valence-corrected chi connectivity index (χ0v) is 19.6. The summed E-state index contributed by atoms with van der Waals surface area (Å²) in [5, 5.41) is 14.6. The predicted molar refractivity (Wildman–Crippen MR) is 126 cm³/mol. The zero-order valence-electron chi connectivity index (χ0n) is 18.8. The summed E-state index contributed by atoms with van der Waals surface area (Å²) in [5.74, 6) is -0.713. The van der Waals surface area contributed by atoms with Crippen LogP contribution in [0.5, 0.6) is 5.75 Å². The first-order chi connectivity index (χ1) is 16.7. The number of hydrogen-bond donors (Lipinski definition) is 4. The van der Waals surface area contributed by atoms with E-state index in [4.69, 9.17) is 14.4 Å². The number of amides is 1. The number of nitrogens with one attached hydrogen (secondary N) is 4. The van der Waals surface area contributed by atoms with Crippen LogP contribution in [0.1, 0.15) is 16.7 Å². The van der Waals surface area contributed by atoms with E-state index in [1.807, 2.05) is 10.8 Å². The lowest BCUT2D eigenvalue weighted by Gasteiger charge is -2.14. The first kappa shape index (κ1) is 25.6. The number of carbonyl (C=O) groups is 1. The molecule has 0 atom stereocenters. The fraction of sp³-hybridized carbons (Fsp3) is 0.227. The maximum absolute atomic E-state index is 15.1. The molecule has 0 aliphatic heterocycles. The molecule has 0 saturated carbocycles. The lowest BCUT2D eigenvalue weighted by Crippen LogP contribution is -2.27. The Hall–Kier alpha value is -3.99. The van der Waals surface area contributed by atoms with E-state index in [0.29, 0.717) is 10.9 Å². The van der Waals surface area contributed by atoms with Crippen LogP contribution < -0.4 is 30.4 Å². The highest BCUT2D eigenvalue weighted by atomic mass is 32.2. The molecular weight excluding hydrogens is 481 g/mol. The molecule has 4 N–H and O–H groups in total. The van der Waals surface area contributed by atoms with E-state index in [9.17, 15) is 18.0 Å². The van der Waals surface area contributed by atoms with E-state index in [0.717, 1.165) is 0 Å². The van der Waals surface area contributed by atoms with Crippen molar-refractivity contribution in [3.63, 3.8) is 0 Å². The van der Waals surface area contributed by atoms with Gasteiger partial charge in [-0.2, -0.15) is 13.7 Å². The second-order valence-electron chi connectivity index (χ2n) is 7.17. The van der Waals surface area contributed by atoms with E-state index in [2.05, 4.69) is 15.4 Å². The van der Waals surface area contributed by atoms with Gasteiger partial charge in [0.15, 0.2) is 5.82 Å². The van der Waals surface area contributed by atoms with Crippen molar-refractivity contribution in [2.75, 3.05) is 25.4 Å². The van der Waals surface area contributed by atoms with E-state index in [-0.39, 0.29) is 47.7 Å². The number of nitriles is 1. The fourth-order valence-corrected chi connectivity index (χ4v) is 3.86. The van der Waals surface area contributed by atoms with Crippen LogP contribution in [0, 0.1) is 17.1 Å². The van der Waals surface area contributed by atoms with Gasteiger partial charge in [-0.15, -0.1) is 0 Å². The van der Waals surface area contributed by atoms with Crippen LogP contribution in [-0.4, -0.2) is 35.2 Å². The molecule has 1 heterocycles. The predicted octanol–water partition coefficient (Wildman–Crippen LogP) is 1.73. The maximum Gasteiger partial charge on any atom is 0.412 e. The molecule has 0 radical (unpaired) electrons. The van der Waals surface area contributed by atoms with Crippen LogP contribution in [0.3, 0.4) is 0 Å². The topological polar surface area (TPSA) is 163 Å². The van der Waals surface area contributed by atoms with Gasteiger partial charge in [0.05, 0.1) is 18.3 Å². The summed E-state index contributed by atoms with van der Waals surface area (Å²) in [4.78, 5) is 24.4. The number of ether oxygens (including phenoxy) is 1. The van der Waals surface area contributed by atoms with E-state index in [1.54, 1.807) is 6.07 Å². The first-order valence-corrected chi connectivity index (χ1v) is 11.7. The Balaban J connectivity index is 2.09. The number of halogens is 1. The summed E-state index contributed by atoms with van der Waals surface area (Å²) in [6.07, 6.45) is -0.914. The van der Waals surface area contributed by atoms with Gasteiger partial charge in [0.2, 0.25) is 0 Å². The fourth-order valence-electron chi connectivity index (χ4n) is 3.31. The molecule has 0 fully saturated rings. The molecular formula is C22H22FN5O6S. The molecule has 35 heavy (non-hydrogen) atoms. The van der Waals surface area contributed by atoms with E-state index >= 15 is 4.39 Å². The maximum atomic E-state index is 15.1. The molecule has 11 nitrogen and oxygen atoms in total. The van der Waals surface area contributed by atoms with Crippen molar-refractivity contribution in [2.24, 2.45) is 0 Å². The quantitative estimate of drug-likeness (QED) is 0.195. The molecule has 1 amide bonds. The molecule has 3 rings (SSSR count). The minimum Gasteiger partial charge on any atom is -0.422 e. The summed E-state index contributed by atoms with van der Waals surface area (Å²) in [6, 6.07) is 10.5. The highest BCUT2D eigenvalue weighted by molar-refractivity contribution is 7.90. The van der Waals surface area contributed by atoms with Gasteiger partial charge in [0.1, 0.15) is 11.3 Å². The lowest BCUT2D eigenvalue weighted by molar-refractivity contribution is 0.203. The Labute approximate surface area is 200 Å². The zero-order chi connectivity index (χ0) is 25.6. The van der Waals surface area contributed by atoms with Crippen LogP contribution in [0.25, 0.3) is 11.0 Å². The number of carbonyl (C=O) groups excluding carboxylic acids is 1. The Morgan fingerprint density at radius 2 is 1.97 bits per heavy atom. The minimum atomic E-state index is -3.96. The highest BCUT2D eigenvalue weighted by Crippen LogP contribution is 2.28. The smallest absolute Gasteiger partial charge is 0.412 e. The summed E-state index contributed by atoms with van der Waals surface area (Å²) < 4.78 is 53.3. The van der Waals surface area contributed by atoms with Gasteiger partial charge in [-0.25, -0.2) is 18.7 Å². The van der Waals surface area contributed by atoms with Gasteiger partial charge in [-0.1, -0.05) is 12.1 Å². The summed E-state index contributed by atoms with van der Waals surface area (Å²) in [5.41, 5.74) is -0.292. The van der Waals surface area contributed by atoms with Gasteiger partial charge in [0, 0.05) is 44.1 Å². The summed E-state index contributed by atoms with van der Waals surface area (Å²) in [7, 11) is -1.39. The Morgan fingerprint density at radius 3 is 2.66 bits per heavy atom. The number of anilines is 1. The molecule has 2 aromatic carbocycles. The number of benzene rings is 2. The minimum absolute atomic E-state index is 0.00529. The molecule has 0 aliphatic rings. The van der Waals surface area contributed by atoms with Crippen LogP contribution in [-0.2, 0) is 23.2 Å². The Morgan fingerprint density at radius 1 is 1.20 bits per heavy atom. The second-order valence-corrected chi connectivity index (χ2v) is 8.79. The number of hydrogen-bond acceptors (Lipinski definition) is 8. The van der Waals surface area contributed by atoms with Crippen LogP contribution in [0.2, 0.25) is 0 Å². The molecule has 3 aromatic rings. The van der Waals surface area contributed by atoms with Crippen LogP contribution in [0.15, 0.2) is 45.6 Å². The van der Waals surface area contributed by atoms with Crippen molar-refractivity contribution in [1.29, 1.82) is 5.26 Å². The standard InChI is InChI=1S/C22H22FN5O6S/c1-25-22(30)33-14-6-7-15-17(12-27-9-8-24)16(21(29)34-19(15)11-14)10-13-4-3-5-18(20(13)23)28-35(31,32)26-2/h3-7,11,26-28H,9-10,12H2,1-2H3,(H,25,30). The van der Waals surface area contributed by atoms with Crippen molar-refractivity contribution < 1.29 is 26.8 Å². The van der Waals surface area contributed by atoms with Crippen molar-refractivity contribution in [1.82, 2.24) is 15.4 Å². The number of fused-ring (bicyclic) bond motifs is 1. The van der Waals surface area contributed by atoms with Gasteiger partial charge in [-0.05, 0) is 29.3 Å². The summed E-state index contributed by atoms with van der Waals surface area (Å²) in [6.45, 7) is 0.0863. The Kier molecular flexibility index (Phi) is 8.02. The monoisotopic (exact) mass is 503 g/mol. The molecule has 1 aromatic heterocycles. The number of rotatable bonds is 9. The average molecular weight is 504 g/mol. The average Bonchev–Trinajstić information content (AvgIpc) is 2.83. The van der Waals surface area contributed by atoms with Gasteiger partial charge in [0.25, 0.3) is 10.2 Å². The van der Waals surface area contributed by atoms with Gasteiger partial charge in [-0.3, -0.25) is 4.72 Å². The third kappa shape index (κ3) is 6.12. The molecule has 0 unspecified atom stereocenters. The van der Waals surface area contributed by atoms with Crippen molar-refractivity contribution >= 4 is 33.0 Å². The van der Waals surface area contributed by atoms with E-state index in [1.165, 1.54) is 44.4 Å². The lowest BCUT2D eigenvalue weighted by atomic mass is 9.97.